The summed E-state index contributed by atoms with van der Waals surface area (Å²) in [6.45, 7) is 0.707. The Hall–Kier alpha value is -3.06. The molecule has 1 aromatic heterocycles. The van der Waals surface area contributed by atoms with Crippen molar-refractivity contribution in [1.29, 1.82) is 0 Å². The monoisotopic (exact) mass is 392 g/mol. The summed E-state index contributed by atoms with van der Waals surface area (Å²) in [5, 5.41) is 3.82. The first-order chi connectivity index (χ1) is 13.6. The van der Waals surface area contributed by atoms with Crippen molar-refractivity contribution in [3.8, 4) is 0 Å². The van der Waals surface area contributed by atoms with Gasteiger partial charge in [-0.2, -0.15) is 0 Å². The van der Waals surface area contributed by atoms with Crippen LogP contribution < -0.4 is 10.2 Å². The van der Waals surface area contributed by atoms with E-state index in [1.807, 2.05) is 54.2 Å². The highest BCUT2D eigenvalue weighted by Gasteiger charge is 2.22. The second kappa shape index (κ2) is 7.90. The summed E-state index contributed by atoms with van der Waals surface area (Å²) < 4.78 is 1.96. The third-order valence-corrected chi connectivity index (χ3v) is 5.68. The maximum atomic E-state index is 12.6. The lowest BCUT2D eigenvalue weighted by atomic mass is 10.1. The summed E-state index contributed by atoms with van der Waals surface area (Å²) in [4.78, 5) is 31.6. The number of carbonyl (C=O) groups excluding carboxylic acids is 2. The minimum atomic E-state index is -0.196. The van der Waals surface area contributed by atoms with Crippen LogP contribution in [0.25, 0.3) is 0 Å². The molecule has 0 spiro atoms. The standard InChI is InChI=1S/C21H20N4O2S/c1-24-13-11-22-21(24)28-18-9-7-16(8-10-18)23-20(27)15-4-2-5-17(14-15)25-12-3-6-19(25)26/h2,4-5,7-11,13-14H,3,6,12H2,1H3,(H,23,27). The summed E-state index contributed by atoms with van der Waals surface area (Å²) >= 11 is 1.56. The quantitative estimate of drug-likeness (QED) is 0.714. The SMILES string of the molecule is Cn1ccnc1Sc1ccc(NC(=O)c2cccc(N3CCCC3=O)c2)cc1. The van der Waals surface area contributed by atoms with Crippen molar-refractivity contribution in [2.24, 2.45) is 7.05 Å². The molecule has 28 heavy (non-hydrogen) atoms. The average molecular weight is 392 g/mol. The molecule has 1 aliphatic heterocycles. The number of anilines is 2. The van der Waals surface area contributed by atoms with E-state index in [2.05, 4.69) is 10.3 Å². The van der Waals surface area contributed by atoms with Crippen molar-refractivity contribution >= 4 is 35.0 Å². The van der Waals surface area contributed by atoms with Crippen molar-refractivity contribution in [3.05, 3.63) is 66.5 Å². The number of benzene rings is 2. The van der Waals surface area contributed by atoms with Gasteiger partial charge in [-0.1, -0.05) is 17.8 Å². The summed E-state index contributed by atoms with van der Waals surface area (Å²) in [7, 11) is 1.95. The summed E-state index contributed by atoms with van der Waals surface area (Å²) in [6, 6.07) is 14.8. The van der Waals surface area contributed by atoms with E-state index >= 15 is 0 Å². The van der Waals surface area contributed by atoms with Crippen molar-refractivity contribution in [3.63, 3.8) is 0 Å². The lowest BCUT2D eigenvalue weighted by molar-refractivity contribution is -0.117. The minimum Gasteiger partial charge on any atom is -0.329 e. The molecule has 4 rings (SSSR count). The first-order valence-corrected chi connectivity index (χ1v) is 9.89. The fraction of sp³-hybridized carbons (Fsp3) is 0.190. The van der Waals surface area contributed by atoms with Gasteiger partial charge in [0, 0.05) is 54.2 Å². The molecule has 1 fully saturated rings. The zero-order valence-electron chi connectivity index (χ0n) is 15.5. The van der Waals surface area contributed by atoms with Crippen LogP contribution in [-0.4, -0.2) is 27.9 Å². The van der Waals surface area contributed by atoms with Gasteiger partial charge in [-0.15, -0.1) is 0 Å². The lowest BCUT2D eigenvalue weighted by Crippen LogP contribution is -2.24. The van der Waals surface area contributed by atoms with Gasteiger partial charge in [-0.05, 0) is 48.9 Å². The predicted molar refractivity (Wildman–Crippen MR) is 110 cm³/mol. The van der Waals surface area contributed by atoms with Crippen LogP contribution in [0.3, 0.4) is 0 Å². The van der Waals surface area contributed by atoms with E-state index in [0.29, 0.717) is 18.5 Å². The van der Waals surface area contributed by atoms with Gasteiger partial charge < -0.3 is 14.8 Å². The van der Waals surface area contributed by atoms with Gasteiger partial charge in [0.05, 0.1) is 0 Å². The van der Waals surface area contributed by atoms with Crippen LogP contribution in [0.2, 0.25) is 0 Å². The molecule has 7 heteroatoms. The molecular formula is C21H20N4O2S. The Morgan fingerprint density at radius 3 is 2.68 bits per heavy atom. The third-order valence-electron chi connectivity index (χ3n) is 4.59. The van der Waals surface area contributed by atoms with E-state index in [0.717, 1.165) is 27.8 Å². The Morgan fingerprint density at radius 2 is 2.00 bits per heavy atom. The van der Waals surface area contributed by atoms with Crippen LogP contribution in [0.4, 0.5) is 11.4 Å². The Morgan fingerprint density at radius 1 is 1.18 bits per heavy atom. The third kappa shape index (κ3) is 3.94. The summed E-state index contributed by atoms with van der Waals surface area (Å²) in [5.74, 6) is -0.0867. The van der Waals surface area contributed by atoms with Crippen molar-refractivity contribution in [1.82, 2.24) is 9.55 Å². The molecule has 6 nitrogen and oxygen atoms in total. The second-order valence-corrected chi connectivity index (χ2v) is 7.64. The van der Waals surface area contributed by atoms with Crippen LogP contribution >= 0.6 is 11.8 Å². The number of nitrogens with zero attached hydrogens (tertiary/aromatic N) is 3. The minimum absolute atomic E-state index is 0.110. The Bertz CT molecular complexity index is 1010. The molecule has 3 aromatic rings. The number of amides is 2. The van der Waals surface area contributed by atoms with E-state index in [9.17, 15) is 9.59 Å². The van der Waals surface area contributed by atoms with Gasteiger partial charge in [0.15, 0.2) is 5.16 Å². The fourth-order valence-corrected chi connectivity index (χ4v) is 3.90. The molecule has 142 valence electrons. The highest BCUT2D eigenvalue weighted by Crippen LogP contribution is 2.27. The van der Waals surface area contributed by atoms with Crippen molar-refractivity contribution in [2.75, 3.05) is 16.8 Å². The molecular weight excluding hydrogens is 372 g/mol. The number of rotatable bonds is 5. The average Bonchev–Trinajstić information content (AvgIpc) is 3.31. The molecule has 0 saturated carbocycles. The number of nitrogens with one attached hydrogen (secondary N) is 1. The molecule has 1 saturated heterocycles. The van der Waals surface area contributed by atoms with Crippen LogP contribution in [0.5, 0.6) is 0 Å². The number of imidazole rings is 1. The number of hydrogen-bond donors (Lipinski definition) is 1. The molecule has 2 amide bonds. The lowest BCUT2D eigenvalue weighted by Gasteiger charge is -2.16. The van der Waals surface area contributed by atoms with Gasteiger partial charge in [-0.3, -0.25) is 9.59 Å². The first-order valence-electron chi connectivity index (χ1n) is 9.07. The number of carbonyl (C=O) groups is 2. The molecule has 0 aliphatic carbocycles. The number of aromatic nitrogens is 2. The topological polar surface area (TPSA) is 67.2 Å². The molecule has 0 atom stereocenters. The van der Waals surface area contributed by atoms with Crippen molar-refractivity contribution in [2.45, 2.75) is 22.9 Å². The van der Waals surface area contributed by atoms with Gasteiger partial charge in [-0.25, -0.2) is 4.98 Å². The smallest absolute Gasteiger partial charge is 0.255 e. The van der Waals surface area contributed by atoms with Crippen LogP contribution in [0.15, 0.2) is 71.0 Å². The zero-order chi connectivity index (χ0) is 19.5. The Kier molecular flexibility index (Phi) is 5.16. The highest BCUT2D eigenvalue weighted by molar-refractivity contribution is 7.99. The zero-order valence-corrected chi connectivity index (χ0v) is 16.3. The van der Waals surface area contributed by atoms with Crippen molar-refractivity contribution < 1.29 is 9.59 Å². The molecule has 1 aliphatic rings. The van der Waals surface area contributed by atoms with E-state index in [4.69, 9.17) is 0 Å². The number of aryl methyl sites for hydroxylation is 1. The molecule has 0 bridgehead atoms. The highest BCUT2D eigenvalue weighted by atomic mass is 32.2. The maximum Gasteiger partial charge on any atom is 0.255 e. The molecule has 1 N–H and O–H groups in total. The van der Waals surface area contributed by atoms with Crippen LogP contribution in [-0.2, 0) is 11.8 Å². The van der Waals surface area contributed by atoms with E-state index in [1.54, 1.807) is 35.0 Å². The van der Waals surface area contributed by atoms with Gasteiger partial charge >= 0.3 is 0 Å². The molecule has 2 aromatic carbocycles. The first kappa shape index (κ1) is 18.3. The normalized spacial score (nSPS) is 13.8. The largest absolute Gasteiger partial charge is 0.329 e. The van der Waals surface area contributed by atoms with Gasteiger partial charge in [0.2, 0.25) is 5.91 Å². The van der Waals surface area contributed by atoms with E-state index in [1.165, 1.54) is 0 Å². The second-order valence-electron chi connectivity index (χ2n) is 6.60. The van der Waals surface area contributed by atoms with Gasteiger partial charge in [0.25, 0.3) is 5.91 Å². The Labute approximate surface area is 167 Å². The summed E-state index contributed by atoms with van der Waals surface area (Å²) in [6.07, 6.45) is 5.10. The maximum absolute atomic E-state index is 12.6. The van der Waals surface area contributed by atoms with Gasteiger partial charge in [0.1, 0.15) is 0 Å². The van der Waals surface area contributed by atoms with E-state index < -0.39 is 0 Å². The molecule has 2 heterocycles. The van der Waals surface area contributed by atoms with Crippen LogP contribution in [0, 0.1) is 0 Å². The molecule has 0 unspecified atom stereocenters. The number of hydrogen-bond acceptors (Lipinski definition) is 4. The predicted octanol–water partition coefficient (Wildman–Crippen LogP) is 3.95. The Balaban J connectivity index is 1.43. The molecule has 0 radical (unpaired) electrons. The van der Waals surface area contributed by atoms with E-state index in [-0.39, 0.29) is 11.8 Å². The van der Waals surface area contributed by atoms with Crippen LogP contribution in [0.1, 0.15) is 23.2 Å². The summed E-state index contributed by atoms with van der Waals surface area (Å²) in [5.41, 5.74) is 2.03. The fourth-order valence-electron chi connectivity index (χ4n) is 3.10.